The number of nitrogens with one attached hydrogen (secondary N) is 1. The molecule has 3 aromatic rings. The SMILES string of the molecule is CCCCC(=O)Nc1cc(-n2nc(C)cc2C)nc(-c2ccc(C)o2)n1. The highest BCUT2D eigenvalue weighted by atomic mass is 16.3. The van der Waals surface area contributed by atoms with Gasteiger partial charge in [0.2, 0.25) is 5.91 Å². The fourth-order valence-corrected chi connectivity index (χ4v) is 2.68. The van der Waals surface area contributed by atoms with E-state index in [0.29, 0.717) is 29.6 Å². The Bertz CT molecular complexity index is 926. The fourth-order valence-electron chi connectivity index (χ4n) is 2.68. The molecule has 0 bridgehead atoms. The Morgan fingerprint density at radius 3 is 2.62 bits per heavy atom. The molecule has 0 radical (unpaired) electrons. The van der Waals surface area contributed by atoms with Crippen molar-refractivity contribution in [1.82, 2.24) is 19.7 Å². The third kappa shape index (κ3) is 3.99. The maximum atomic E-state index is 12.1. The first kappa shape index (κ1) is 17.8. The number of carbonyl (C=O) groups excluding carboxylic acids is 1. The molecule has 0 fully saturated rings. The van der Waals surface area contributed by atoms with Crippen LogP contribution in [0.4, 0.5) is 5.82 Å². The molecule has 0 aliphatic heterocycles. The zero-order valence-corrected chi connectivity index (χ0v) is 15.5. The number of aromatic nitrogens is 4. The van der Waals surface area contributed by atoms with Crippen LogP contribution in [0.1, 0.15) is 43.3 Å². The summed E-state index contributed by atoms with van der Waals surface area (Å²) in [6.07, 6.45) is 2.27. The van der Waals surface area contributed by atoms with Crippen molar-refractivity contribution in [2.45, 2.75) is 47.0 Å². The second-order valence-electron chi connectivity index (χ2n) is 6.34. The Morgan fingerprint density at radius 1 is 1.19 bits per heavy atom. The number of nitrogens with zero attached hydrogens (tertiary/aromatic N) is 4. The van der Waals surface area contributed by atoms with Crippen molar-refractivity contribution in [3.8, 4) is 17.4 Å². The lowest BCUT2D eigenvalue weighted by molar-refractivity contribution is -0.116. The molecule has 1 amide bonds. The summed E-state index contributed by atoms with van der Waals surface area (Å²) in [6.45, 7) is 7.80. The number of hydrogen-bond acceptors (Lipinski definition) is 5. The molecule has 0 saturated heterocycles. The number of hydrogen-bond donors (Lipinski definition) is 1. The molecule has 26 heavy (non-hydrogen) atoms. The van der Waals surface area contributed by atoms with Crippen LogP contribution >= 0.6 is 0 Å². The lowest BCUT2D eigenvalue weighted by atomic mass is 10.2. The van der Waals surface area contributed by atoms with Gasteiger partial charge in [-0.3, -0.25) is 4.79 Å². The molecule has 7 heteroatoms. The number of unbranched alkanes of at least 4 members (excludes halogenated alkanes) is 1. The maximum Gasteiger partial charge on any atom is 0.225 e. The van der Waals surface area contributed by atoms with E-state index in [1.54, 1.807) is 10.7 Å². The Hall–Kier alpha value is -2.96. The van der Waals surface area contributed by atoms with Gasteiger partial charge in [0.1, 0.15) is 11.6 Å². The first-order valence-electron chi connectivity index (χ1n) is 8.75. The predicted molar refractivity (Wildman–Crippen MR) is 99.2 cm³/mol. The third-order valence-electron chi connectivity index (χ3n) is 3.92. The molecule has 7 nitrogen and oxygen atoms in total. The average molecular weight is 353 g/mol. The minimum atomic E-state index is -0.0635. The molecule has 0 saturated carbocycles. The molecule has 3 rings (SSSR count). The molecule has 136 valence electrons. The summed E-state index contributed by atoms with van der Waals surface area (Å²) in [7, 11) is 0. The van der Waals surface area contributed by atoms with Crippen molar-refractivity contribution in [3.63, 3.8) is 0 Å². The second-order valence-corrected chi connectivity index (χ2v) is 6.34. The quantitative estimate of drug-likeness (QED) is 0.724. The zero-order chi connectivity index (χ0) is 18.7. The Morgan fingerprint density at radius 2 is 2.00 bits per heavy atom. The summed E-state index contributed by atoms with van der Waals surface area (Å²) < 4.78 is 7.39. The van der Waals surface area contributed by atoms with Crippen LogP contribution in [0.3, 0.4) is 0 Å². The van der Waals surface area contributed by atoms with Crippen molar-refractivity contribution in [1.29, 1.82) is 0 Å². The van der Waals surface area contributed by atoms with Crippen LogP contribution in [0.5, 0.6) is 0 Å². The van der Waals surface area contributed by atoms with E-state index >= 15 is 0 Å². The van der Waals surface area contributed by atoms with E-state index in [0.717, 1.165) is 30.0 Å². The van der Waals surface area contributed by atoms with Gasteiger partial charge >= 0.3 is 0 Å². The lowest BCUT2D eigenvalue weighted by Gasteiger charge is -2.09. The number of anilines is 1. The van der Waals surface area contributed by atoms with Crippen LogP contribution in [-0.2, 0) is 4.79 Å². The Balaban J connectivity index is 2.02. The molecule has 0 unspecified atom stereocenters. The van der Waals surface area contributed by atoms with E-state index in [-0.39, 0.29) is 5.91 Å². The van der Waals surface area contributed by atoms with Crippen molar-refractivity contribution in [2.24, 2.45) is 0 Å². The first-order valence-corrected chi connectivity index (χ1v) is 8.75. The normalized spacial score (nSPS) is 10.9. The highest BCUT2D eigenvalue weighted by molar-refractivity contribution is 5.90. The predicted octanol–water partition coefficient (Wildman–Crippen LogP) is 3.98. The molecule has 0 aliphatic rings. The van der Waals surface area contributed by atoms with E-state index < -0.39 is 0 Å². The van der Waals surface area contributed by atoms with Gasteiger partial charge in [-0.15, -0.1) is 0 Å². The van der Waals surface area contributed by atoms with Crippen LogP contribution in [-0.4, -0.2) is 25.7 Å². The Kier molecular flexibility index (Phi) is 5.16. The summed E-state index contributed by atoms with van der Waals surface area (Å²) in [5.41, 5.74) is 1.84. The molecule has 0 aromatic carbocycles. The highest BCUT2D eigenvalue weighted by Gasteiger charge is 2.14. The highest BCUT2D eigenvalue weighted by Crippen LogP contribution is 2.23. The van der Waals surface area contributed by atoms with Crippen LogP contribution in [0.25, 0.3) is 17.4 Å². The topological polar surface area (TPSA) is 85.8 Å². The van der Waals surface area contributed by atoms with E-state index in [9.17, 15) is 4.79 Å². The number of furan rings is 1. The standard InChI is InChI=1S/C19H23N5O2/c1-5-6-7-18(25)20-16-11-17(24-13(3)10-12(2)23-24)22-19(21-16)15-9-8-14(4)26-15/h8-11H,5-7H2,1-4H3,(H,20,21,22,25). The smallest absolute Gasteiger partial charge is 0.225 e. The number of rotatable bonds is 6. The first-order chi connectivity index (χ1) is 12.5. The van der Waals surface area contributed by atoms with Crippen molar-refractivity contribution < 1.29 is 9.21 Å². The second kappa shape index (κ2) is 7.51. The largest absolute Gasteiger partial charge is 0.458 e. The molecular weight excluding hydrogens is 330 g/mol. The van der Waals surface area contributed by atoms with Crippen molar-refractivity contribution in [2.75, 3.05) is 5.32 Å². The molecule has 0 atom stereocenters. The summed E-state index contributed by atoms with van der Waals surface area (Å²) in [5.74, 6) is 2.69. The van der Waals surface area contributed by atoms with Gasteiger partial charge in [-0.2, -0.15) is 5.10 Å². The minimum absolute atomic E-state index is 0.0635. The van der Waals surface area contributed by atoms with Gasteiger partial charge in [-0.25, -0.2) is 14.6 Å². The maximum absolute atomic E-state index is 12.1. The molecular formula is C19H23N5O2. The van der Waals surface area contributed by atoms with Crippen molar-refractivity contribution >= 4 is 11.7 Å². The van der Waals surface area contributed by atoms with E-state index in [4.69, 9.17) is 4.42 Å². The molecule has 3 aromatic heterocycles. The summed E-state index contributed by atoms with van der Waals surface area (Å²) in [4.78, 5) is 21.1. The van der Waals surface area contributed by atoms with Gasteiger partial charge in [0, 0.05) is 18.2 Å². The summed E-state index contributed by atoms with van der Waals surface area (Å²) in [5, 5.41) is 7.33. The zero-order valence-electron chi connectivity index (χ0n) is 15.5. The third-order valence-corrected chi connectivity index (χ3v) is 3.92. The van der Waals surface area contributed by atoms with Crippen LogP contribution < -0.4 is 5.32 Å². The van der Waals surface area contributed by atoms with Gasteiger partial charge in [0.25, 0.3) is 0 Å². The van der Waals surface area contributed by atoms with Gasteiger partial charge in [0.05, 0.1) is 5.69 Å². The van der Waals surface area contributed by atoms with Crippen LogP contribution in [0.2, 0.25) is 0 Å². The number of amides is 1. The van der Waals surface area contributed by atoms with Gasteiger partial charge in [0.15, 0.2) is 17.4 Å². The van der Waals surface area contributed by atoms with Crippen LogP contribution in [0.15, 0.2) is 28.7 Å². The summed E-state index contributed by atoms with van der Waals surface area (Å²) in [6, 6.07) is 7.37. The average Bonchev–Trinajstić information content (AvgIpc) is 3.17. The fraction of sp³-hybridized carbons (Fsp3) is 0.368. The minimum Gasteiger partial charge on any atom is -0.458 e. The Labute approximate surface area is 152 Å². The van der Waals surface area contributed by atoms with Gasteiger partial charge < -0.3 is 9.73 Å². The van der Waals surface area contributed by atoms with E-state index in [2.05, 4.69) is 27.3 Å². The monoisotopic (exact) mass is 353 g/mol. The molecule has 3 heterocycles. The lowest BCUT2D eigenvalue weighted by Crippen LogP contribution is -2.14. The van der Waals surface area contributed by atoms with Gasteiger partial charge in [-0.05, 0) is 45.4 Å². The van der Waals surface area contributed by atoms with E-state index in [1.165, 1.54) is 0 Å². The number of carbonyl (C=O) groups is 1. The number of aryl methyl sites for hydroxylation is 3. The van der Waals surface area contributed by atoms with E-state index in [1.807, 2.05) is 39.0 Å². The van der Waals surface area contributed by atoms with Gasteiger partial charge in [-0.1, -0.05) is 13.3 Å². The molecule has 0 aliphatic carbocycles. The molecule has 0 spiro atoms. The van der Waals surface area contributed by atoms with Crippen molar-refractivity contribution in [3.05, 3.63) is 41.4 Å². The molecule has 1 N–H and O–H groups in total. The summed E-state index contributed by atoms with van der Waals surface area (Å²) >= 11 is 0. The van der Waals surface area contributed by atoms with Crippen LogP contribution in [0, 0.1) is 20.8 Å².